The monoisotopic (exact) mass is 390 g/mol. The Morgan fingerprint density at radius 1 is 1.38 bits per heavy atom. The van der Waals surface area contributed by atoms with Gasteiger partial charge in [0.1, 0.15) is 18.2 Å². The van der Waals surface area contributed by atoms with Crippen molar-refractivity contribution in [2.24, 2.45) is 4.99 Å². The van der Waals surface area contributed by atoms with E-state index >= 15 is 0 Å². The van der Waals surface area contributed by atoms with E-state index in [1.54, 1.807) is 12.3 Å². The van der Waals surface area contributed by atoms with Crippen LogP contribution in [0.4, 0.5) is 5.69 Å². The number of anilines is 1. The lowest BCUT2D eigenvalue weighted by atomic mass is 9.97. The van der Waals surface area contributed by atoms with Crippen molar-refractivity contribution < 1.29 is 14.3 Å². The molecule has 1 aliphatic heterocycles. The van der Waals surface area contributed by atoms with E-state index in [1.807, 2.05) is 37.3 Å². The lowest BCUT2D eigenvalue weighted by Gasteiger charge is -2.20. The topological polar surface area (TPSA) is 104 Å². The third-order valence-electron chi connectivity index (χ3n) is 4.17. The Kier molecular flexibility index (Phi) is 7.26. The molecule has 29 heavy (non-hydrogen) atoms. The fourth-order valence-electron chi connectivity index (χ4n) is 2.62. The molecule has 1 heterocycles. The predicted octanol–water partition coefficient (Wildman–Crippen LogP) is 3.12. The summed E-state index contributed by atoms with van der Waals surface area (Å²) in [6.07, 6.45) is 6.95. The number of hydrogen-bond acceptors (Lipinski definition) is 6. The lowest BCUT2D eigenvalue weighted by Crippen LogP contribution is -2.30. The van der Waals surface area contributed by atoms with Crippen LogP contribution in [-0.2, 0) is 14.3 Å². The molecule has 0 spiro atoms. The van der Waals surface area contributed by atoms with E-state index in [9.17, 15) is 14.9 Å². The van der Waals surface area contributed by atoms with Crippen LogP contribution in [0.1, 0.15) is 23.6 Å². The molecule has 2 rings (SSSR count). The van der Waals surface area contributed by atoms with Gasteiger partial charge in [-0.25, -0.2) is 4.79 Å². The number of carbonyl (C=O) groups is 2. The number of fused-ring (bicyclic) bond motifs is 1. The molecule has 1 aromatic rings. The van der Waals surface area contributed by atoms with Gasteiger partial charge in [0.05, 0.1) is 12.2 Å². The minimum atomic E-state index is -0.556. The minimum absolute atomic E-state index is 0.0102. The second-order valence-electron chi connectivity index (χ2n) is 6.27. The molecule has 2 N–H and O–H groups in total. The first-order chi connectivity index (χ1) is 13.9. The first-order valence-electron chi connectivity index (χ1n) is 8.85. The molecule has 0 atom stereocenters. The van der Waals surface area contributed by atoms with Crippen molar-refractivity contribution in [2.45, 2.75) is 13.8 Å². The van der Waals surface area contributed by atoms with Crippen LogP contribution in [0.2, 0.25) is 0 Å². The summed E-state index contributed by atoms with van der Waals surface area (Å²) >= 11 is 0. The molecule has 0 aromatic heterocycles. The quantitative estimate of drug-likeness (QED) is 0.245. The van der Waals surface area contributed by atoms with Gasteiger partial charge in [0.2, 0.25) is 0 Å². The molecule has 1 aliphatic rings. The Bertz CT molecular complexity index is 994. The van der Waals surface area contributed by atoms with Gasteiger partial charge in [0.15, 0.2) is 0 Å². The molecule has 1 amide bonds. The maximum absolute atomic E-state index is 12.4. The molecule has 7 nitrogen and oxygen atoms in total. The van der Waals surface area contributed by atoms with Crippen molar-refractivity contribution in [3.63, 3.8) is 0 Å². The Morgan fingerprint density at radius 2 is 2.14 bits per heavy atom. The molecule has 0 unspecified atom stereocenters. The minimum Gasteiger partial charge on any atom is -0.460 e. The number of hydrogen-bond donors (Lipinski definition) is 2. The number of amides is 1. The molecule has 1 aromatic carbocycles. The van der Waals surface area contributed by atoms with Gasteiger partial charge in [-0.1, -0.05) is 24.8 Å². The van der Waals surface area contributed by atoms with Crippen molar-refractivity contribution in [1.82, 2.24) is 5.32 Å². The Labute approximate surface area is 169 Å². The highest BCUT2D eigenvalue weighted by molar-refractivity contribution is 6.00. The average molecular weight is 390 g/mol. The first-order valence-corrected chi connectivity index (χ1v) is 8.85. The first kappa shape index (κ1) is 21.4. The summed E-state index contributed by atoms with van der Waals surface area (Å²) in [6, 6.07) is 5.83. The SMILES string of the molecule is C=N/C=C\c1ccc2c(c1C)N/C(=C(/C#N)C(=O)NCCOC(=O)C(=C)C)C=C2. The summed E-state index contributed by atoms with van der Waals surface area (Å²) < 4.78 is 4.92. The van der Waals surface area contributed by atoms with Crippen molar-refractivity contribution in [2.75, 3.05) is 18.5 Å². The van der Waals surface area contributed by atoms with Gasteiger partial charge in [-0.15, -0.1) is 0 Å². The van der Waals surface area contributed by atoms with Crippen LogP contribution in [-0.4, -0.2) is 31.7 Å². The zero-order valence-corrected chi connectivity index (χ0v) is 16.4. The normalized spacial score (nSPS) is 13.7. The van der Waals surface area contributed by atoms with Crippen LogP contribution in [0.3, 0.4) is 0 Å². The average Bonchev–Trinajstić information content (AvgIpc) is 2.71. The second kappa shape index (κ2) is 9.85. The van der Waals surface area contributed by atoms with E-state index in [-0.39, 0.29) is 24.3 Å². The number of nitrogens with one attached hydrogen (secondary N) is 2. The van der Waals surface area contributed by atoms with E-state index in [2.05, 4.69) is 28.9 Å². The predicted molar refractivity (Wildman–Crippen MR) is 114 cm³/mol. The zero-order chi connectivity index (χ0) is 21.4. The number of ether oxygens (including phenoxy) is 1. The molecule has 7 heteroatoms. The molecular weight excluding hydrogens is 368 g/mol. The summed E-state index contributed by atoms with van der Waals surface area (Å²) in [5.74, 6) is -1.09. The summed E-state index contributed by atoms with van der Waals surface area (Å²) in [4.78, 5) is 27.5. The summed E-state index contributed by atoms with van der Waals surface area (Å²) in [5.41, 5.74) is 4.26. The van der Waals surface area contributed by atoms with Crippen LogP contribution >= 0.6 is 0 Å². The highest BCUT2D eigenvalue weighted by atomic mass is 16.5. The Balaban J connectivity index is 2.16. The van der Waals surface area contributed by atoms with Crippen molar-refractivity contribution in [3.05, 3.63) is 64.5 Å². The summed E-state index contributed by atoms with van der Waals surface area (Å²) in [6.45, 7) is 10.4. The van der Waals surface area contributed by atoms with E-state index in [0.29, 0.717) is 5.70 Å². The largest absolute Gasteiger partial charge is 0.460 e. The van der Waals surface area contributed by atoms with Crippen LogP contribution in [0.5, 0.6) is 0 Å². The molecular formula is C22H22N4O3. The maximum atomic E-state index is 12.4. The van der Waals surface area contributed by atoms with Crippen LogP contribution in [0, 0.1) is 18.3 Å². The van der Waals surface area contributed by atoms with Crippen LogP contribution < -0.4 is 10.6 Å². The number of aliphatic imine (C=N–C) groups is 1. The molecule has 0 radical (unpaired) electrons. The number of carbonyl (C=O) groups excluding carboxylic acids is 2. The highest BCUT2D eigenvalue weighted by Gasteiger charge is 2.19. The van der Waals surface area contributed by atoms with Gasteiger partial charge in [-0.05, 0) is 49.4 Å². The summed E-state index contributed by atoms with van der Waals surface area (Å²) in [5, 5.41) is 15.2. The molecule has 0 saturated carbocycles. The van der Waals surface area contributed by atoms with Crippen LogP contribution in [0.25, 0.3) is 12.2 Å². The molecule has 0 fully saturated rings. The van der Waals surface area contributed by atoms with E-state index in [0.717, 1.165) is 22.4 Å². The summed E-state index contributed by atoms with van der Waals surface area (Å²) in [7, 11) is 0. The molecule has 148 valence electrons. The number of allylic oxidation sites excluding steroid dienone is 1. The number of esters is 1. The highest BCUT2D eigenvalue weighted by Crippen LogP contribution is 2.31. The third-order valence-corrected chi connectivity index (χ3v) is 4.17. The zero-order valence-electron chi connectivity index (χ0n) is 16.4. The molecule has 0 aliphatic carbocycles. The number of benzene rings is 1. The third kappa shape index (κ3) is 5.30. The molecule has 0 saturated heterocycles. The van der Waals surface area contributed by atoms with Gasteiger partial charge in [0, 0.05) is 17.5 Å². The fourth-order valence-corrected chi connectivity index (χ4v) is 2.62. The Morgan fingerprint density at radius 3 is 2.79 bits per heavy atom. The fraction of sp³-hybridized carbons (Fsp3) is 0.182. The van der Waals surface area contributed by atoms with Gasteiger partial charge >= 0.3 is 5.97 Å². The van der Waals surface area contributed by atoms with E-state index in [4.69, 9.17) is 4.74 Å². The van der Waals surface area contributed by atoms with Crippen molar-refractivity contribution in [3.8, 4) is 6.07 Å². The van der Waals surface area contributed by atoms with Crippen molar-refractivity contribution >= 4 is 36.4 Å². The number of nitriles is 1. The van der Waals surface area contributed by atoms with E-state index < -0.39 is 11.9 Å². The van der Waals surface area contributed by atoms with Crippen LogP contribution in [0.15, 0.2) is 52.8 Å². The van der Waals surface area contributed by atoms with Gasteiger partial charge in [-0.2, -0.15) is 5.26 Å². The lowest BCUT2D eigenvalue weighted by molar-refractivity contribution is -0.139. The van der Waals surface area contributed by atoms with Gasteiger partial charge in [0.25, 0.3) is 5.91 Å². The smallest absolute Gasteiger partial charge is 0.333 e. The second-order valence-corrected chi connectivity index (χ2v) is 6.27. The Hall–Kier alpha value is -3.92. The standard InChI is InChI=1S/C22H22N4O3/c1-14(2)22(28)29-12-11-25-21(27)18(13-23)19-8-7-17-6-5-16(9-10-24-4)15(3)20(17)26-19/h5-10,26H,1,4,11-12H2,2-3H3,(H,25,27)/b10-9-,19-18-. The van der Waals surface area contributed by atoms with E-state index in [1.165, 1.54) is 6.92 Å². The van der Waals surface area contributed by atoms with Gasteiger partial charge < -0.3 is 15.4 Å². The number of rotatable bonds is 7. The maximum Gasteiger partial charge on any atom is 0.333 e. The van der Waals surface area contributed by atoms with Crippen molar-refractivity contribution in [1.29, 1.82) is 5.26 Å². The van der Waals surface area contributed by atoms with Gasteiger partial charge in [-0.3, -0.25) is 9.79 Å². The molecule has 0 bridgehead atoms. The number of nitrogens with zero attached hydrogens (tertiary/aromatic N) is 2.